The SMILES string of the molecule is CC(CC(C)(N)CO)N1CCN(C(C)(C)C)CC1. The third-order valence-electron chi connectivity index (χ3n) is 4.01. The quantitative estimate of drug-likeness (QED) is 0.785. The molecule has 0 spiro atoms. The Morgan fingerprint density at radius 1 is 1.11 bits per heavy atom. The number of aliphatic hydroxyl groups is 1. The number of hydrogen-bond acceptors (Lipinski definition) is 4. The molecule has 0 saturated carbocycles. The van der Waals surface area contributed by atoms with Gasteiger partial charge in [-0.25, -0.2) is 0 Å². The van der Waals surface area contributed by atoms with Gasteiger partial charge in [0.05, 0.1) is 6.61 Å². The highest BCUT2D eigenvalue weighted by Gasteiger charge is 2.30. The van der Waals surface area contributed by atoms with Gasteiger partial charge in [-0.1, -0.05) is 0 Å². The lowest BCUT2D eigenvalue weighted by Gasteiger charge is -2.45. The maximum absolute atomic E-state index is 9.24. The molecule has 4 heteroatoms. The number of rotatable bonds is 4. The van der Waals surface area contributed by atoms with Crippen molar-refractivity contribution in [1.29, 1.82) is 0 Å². The molecule has 108 valence electrons. The summed E-state index contributed by atoms with van der Waals surface area (Å²) in [6.07, 6.45) is 0.846. The third kappa shape index (κ3) is 4.50. The molecule has 1 heterocycles. The molecule has 1 rings (SSSR count). The van der Waals surface area contributed by atoms with Crippen LogP contribution in [0.5, 0.6) is 0 Å². The first-order valence-corrected chi connectivity index (χ1v) is 7.04. The van der Waals surface area contributed by atoms with Gasteiger partial charge in [0.15, 0.2) is 0 Å². The summed E-state index contributed by atoms with van der Waals surface area (Å²) in [4.78, 5) is 5.02. The first kappa shape index (κ1) is 15.9. The fourth-order valence-electron chi connectivity index (χ4n) is 2.70. The van der Waals surface area contributed by atoms with Crippen molar-refractivity contribution in [2.24, 2.45) is 5.73 Å². The zero-order chi connectivity index (χ0) is 14.0. The smallest absolute Gasteiger partial charge is 0.0609 e. The summed E-state index contributed by atoms with van der Waals surface area (Å²) in [5, 5.41) is 9.24. The van der Waals surface area contributed by atoms with Crippen molar-refractivity contribution in [3.05, 3.63) is 0 Å². The van der Waals surface area contributed by atoms with Crippen LogP contribution in [0.25, 0.3) is 0 Å². The van der Waals surface area contributed by atoms with Gasteiger partial charge in [-0.2, -0.15) is 0 Å². The van der Waals surface area contributed by atoms with E-state index in [4.69, 9.17) is 5.73 Å². The van der Waals surface area contributed by atoms with Crippen LogP contribution in [0.15, 0.2) is 0 Å². The predicted molar refractivity (Wildman–Crippen MR) is 76.7 cm³/mol. The average Bonchev–Trinajstić information content (AvgIpc) is 2.27. The molecular weight excluding hydrogens is 226 g/mol. The maximum Gasteiger partial charge on any atom is 0.0609 e. The van der Waals surface area contributed by atoms with Crippen LogP contribution in [-0.4, -0.2) is 64.8 Å². The first-order valence-electron chi connectivity index (χ1n) is 7.04. The summed E-state index contributed by atoms with van der Waals surface area (Å²) in [6.45, 7) is 15.4. The van der Waals surface area contributed by atoms with Gasteiger partial charge in [-0.05, 0) is 41.0 Å². The molecule has 0 aliphatic carbocycles. The molecule has 0 radical (unpaired) electrons. The van der Waals surface area contributed by atoms with E-state index in [1.54, 1.807) is 0 Å². The maximum atomic E-state index is 9.24. The molecule has 0 aromatic rings. The highest BCUT2D eigenvalue weighted by Crippen LogP contribution is 2.19. The van der Waals surface area contributed by atoms with E-state index in [0.717, 1.165) is 32.6 Å². The molecule has 2 atom stereocenters. The van der Waals surface area contributed by atoms with Crippen molar-refractivity contribution in [1.82, 2.24) is 9.80 Å². The molecule has 0 aromatic heterocycles. The first-order chi connectivity index (χ1) is 8.15. The largest absolute Gasteiger partial charge is 0.394 e. The van der Waals surface area contributed by atoms with E-state index in [0.29, 0.717) is 6.04 Å². The van der Waals surface area contributed by atoms with Crippen molar-refractivity contribution >= 4 is 0 Å². The second-order valence-corrected chi connectivity index (χ2v) is 7.06. The highest BCUT2D eigenvalue weighted by molar-refractivity contribution is 4.87. The Kier molecular flexibility index (Phi) is 5.18. The van der Waals surface area contributed by atoms with E-state index in [1.807, 2.05) is 6.92 Å². The zero-order valence-corrected chi connectivity index (χ0v) is 12.7. The number of nitrogens with zero attached hydrogens (tertiary/aromatic N) is 2. The minimum atomic E-state index is -0.458. The molecule has 1 fully saturated rings. The van der Waals surface area contributed by atoms with Crippen LogP contribution in [0.3, 0.4) is 0 Å². The van der Waals surface area contributed by atoms with Crippen LogP contribution in [0, 0.1) is 0 Å². The molecule has 0 aromatic carbocycles. The van der Waals surface area contributed by atoms with Gasteiger partial charge >= 0.3 is 0 Å². The van der Waals surface area contributed by atoms with Gasteiger partial charge < -0.3 is 10.8 Å². The fourth-order valence-corrected chi connectivity index (χ4v) is 2.70. The lowest BCUT2D eigenvalue weighted by atomic mass is 9.94. The van der Waals surface area contributed by atoms with Crippen LogP contribution >= 0.6 is 0 Å². The number of hydrogen-bond donors (Lipinski definition) is 2. The molecule has 0 bridgehead atoms. The number of aliphatic hydroxyl groups excluding tert-OH is 1. The molecular formula is C14H31N3O. The highest BCUT2D eigenvalue weighted by atomic mass is 16.3. The topological polar surface area (TPSA) is 52.7 Å². The Labute approximate surface area is 112 Å². The van der Waals surface area contributed by atoms with Crippen LogP contribution in [0.4, 0.5) is 0 Å². The van der Waals surface area contributed by atoms with E-state index in [2.05, 4.69) is 37.5 Å². The predicted octanol–water partition coefficient (Wildman–Crippen LogP) is 0.891. The molecule has 1 saturated heterocycles. The van der Waals surface area contributed by atoms with Crippen molar-refractivity contribution < 1.29 is 5.11 Å². The van der Waals surface area contributed by atoms with E-state index >= 15 is 0 Å². The van der Waals surface area contributed by atoms with E-state index in [-0.39, 0.29) is 12.1 Å². The number of piperazine rings is 1. The van der Waals surface area contributed by atoms with Crippen LogP contribution in [0.1, 0.15) is 41.0 Å². The number of nitrogens with two attached hydrogens (primary N) is 1. The molecule has 4 nitrogen and oxygen atoms in total. The normalized spacial score (nSPS) is 24.8. The summed E-state index contributed by atoms with van der Waals surface area (Å²) >= 11 is 0. The van der Waals surface area contributed by atoms with E-state index in [9.17, 15) is 5.11 Å². The van der Waals surface area contributed by atoms with Crippen LogP contribution in [-0.2, 0) is 0 Å². The lowest BCUT2D eigenvalue weighted by molar-refractivity contribution is 0.0362. The molecule has 18 heavy (non-hydrogen) atoms. The van der Waals surface area contributed by atoms with Gasteiger partial charge in [0, 0.05) is 43.3 Å². The molecule has 2 unspecified atom stereocenters. The summed E-state index contributed by atoms with van der Waals surface area (Å²) < 4.78 is 0. The minimum Gasteiger partial charge on any atom is -0.394 e. The fraction of sp³-hybridized carbons (Fsp3) is 1.00. The molecule has 3 N–H and O–H groups in total. The van der Waals surface area contributed by atoms with Crippen molar-refractivity contribution in [3.63, 3.8) is 0 Å². The second kappa shape index (κ2) is 5.87. The van der Waals surface area contributed by atoms with Gasteiger partial charge in [0.1, 0.15) is 0 Å². The lowest BCUT2D eigenvalue weighted by Crippen LogP contribution is -2.56. The van der Waals surface area contributed by atoms with Gasteiger partial charge in [-0.3, -0.25) is 9.80 Å². The summed E-state index contributed by atoms with van der Waals surface area (Å²) in [5.41, 5.74) is 5.84. The standard InChI is InChI=1S/C14H31N3O/c1-12(10-14(5,15)11-18)16-6-8-17(9-7-16)13(2,3)4/h12,18H,6-11,15H2,1-5H3. The van der Waals surface area contributed by atoms with E-state index in [1.165, 1.54) is 0 Å². The van der Waals surface area contributed by atoms with Crippen LogP contribution in [0.2, 0.25) is 0 Å². The van der Waals surface area contributed by atoms with Gasteiger partial charge in [0.2, 0.25) is 0 Å². The van der Waals surface area contributed by atoms with E-state index < -0.39 is 5.54 Å². The Bertz CT molecular complexity index is 252. The Morgan fingerprint density at radius 2 is 1.61 bits per heavy atom. The summed E-state index contributed by atoms with van der Waals surface area (Å²) in [7, 11) is 0. The third-order valence-corrected chi connectivity index (χ3v) is 4.01. The average molecular weight is 257 g/mol. The monoisotopic (exact) mass is 257 g/mol. The Balaban J connectivity index is 2.43. The van der Waals surface area contributed by atoms with Crippen molar-refractivity contribution in [2.75, 3.05) is 32.8 Å². The van der Waals surface area contributed by atoms with Crippen LogP contribution < -0.4 is 5.73 Å². The van der Waals surface area contributed by atoms with Crippen molar-refractivity contribution in [2.45, 2.75) is 58.2 Å². The Morgan fingerprint density at radius 3 is 2.00 bits per heavy atom. The summed E-state index contributed by atoms with van der Waals surface area (Å²) in [6, 6.07) is 0.439. The second-order valence-electron chi connectivity index (χ2n) is 7.06. The summed E-state index contributed by atoms with van der Waals surface area (Å²) in [5.74, 6) is 0. The molecule has 0 amide bonds. The zero-order valence-electron chi connectivity index (χ0n) is 12.7. The van der Waals surface area contributed by atoms with Gasteiger partial charge in [-0.15, -0.1) is 0 Å². The van der Waals surface area contributed by atoms with Crippen molar-refractivity contribution in [3.8, 4) is 0 Å². The van der Waals surface area contributed by atoms with Gasteiger partial charge in [0.25, 0.3) is 0 Å². The minimum absolute atomic E-state index is 0.0549. The molecule has 1 aliphatic heterocycles. The Hall–Kier alpha value is -0.160. The molecule has 1 aliphatic rings.